The van der Waals surface area contributed by atoms with Crippen molar-refractivity contribution < 1.29 is 4.79 Å². The van der Waals surface area contributed by atoms with Crippen LogP contribution in [-0.4, -0.2) is 5.91 Å². The molecule has 0 aromatic heterocycles. The lowest BCUT2D eigenvalue weighted by Gasteiger charge is -1.81. The van der Waals surface area contributed by atoms with Crippen LogP contribution in [0, 0.1) is 0 Å². The standard InChI is InChI=1S/C19H7NO/c1-3-4-5-6-7-8-9-10-11-12-13-14-15-16-17-18(2)19(20)21/h1H2,2H3,(H2,20,21). The molecule has 0 saturated heterocycles. The summed E-state index contributed by atoms with van der Waals surface area (Å²) in [5, 5.41) is 0. The lowest BCUT2D eigenvalue weighted by Crippen LogP contribution is -2.10. The van der Waals surface area contributed by atoms with Crippen LogP contribution in [0.1, 0.15) is 6.92 Å². The van der Waals surface area contributed by atoms with Gasteiger partial charge in [0.2, 0.25) is 0 Å². The average molecular weight is 265 g/mol. The summed E-state index contributed by atoms with van der Waals surface area (Å²) in [4.78, 5) is 10.6. The maximum atomic E-state index is 10.6. The van der Waals surface area contributed by atoms with Crippen LogP contribution in [0.15, 0.2) is 98.1 Å². The first-order valence-electron chi connectivity index (χ1n) is 5.35. The number of carbonyl (C=O) groups excluding carboxylic acids is 1. The molecule has 0 radical (unpaired) electrons. The van der Waals surface area contributed by atoms with Gasteiger partial charge in [-0.15, -0.1) is 0 Å². The first kappa shape index (κ1) is 16.9. The SMILES string of the molecule is C=C=C=C=C=C=C=C=C=C=C=C=C=C=C=C=C(C)C(N)=O. The number of carbonyl (C=O) groups is 1. The van der Waals surface area contributed by atoms with Crippen LogP contribution >= 0.6 is 0 Å². The van der Waals surface area contributed by atoms with E-state index in [2.05, 4.69) is 92.5 Å². The third kappa shape index (κ3) is 12.2. The fourth-order valence-electron chi connectivity index (χ4n) is 0.575. The van der Waals surface area contributed by atoms with E-state index in [9.17, 15) is 4.79 Å². The number of rotatable bonds is 1. The first-order chi connectivity index (χ1) is 10.2. The molecule has 0 bridgehead atoms. The zero-order chi connectivity index (χ0) is 15.8. The Bertz CT molecular complexity index is 1000. The molecule has 0 spiro atoms. The molecule has 0 aliphatic carbocycles. The molecule has 0 aromatic carbocycles. The Morgan fingerprint density at radius 3 is 1.38 bits per heavy atom. The molecular weight excluding hydrogens is 258 g/mol. The van der Waals surface area contributed by atoms with Crippen LogP contribution in [0.2, 0.25) is 0 Å². The lowest BCUT2D eigenvalue weighted by molar-refractivity contribution is -0.114. The van der Waals surface area contributed by atoms with Crippen LogP contribution in [-0.2, 0) is 4.79 Å². The van der Waals surface area contributed by atoms with E-state index in [1.165, 1.54) is 6.92 Å². The van der Waals surface area contributed by atoms with Gasteiger partial charge in [0.25, 0.3) is 5.91 Å². The minimum Gasteiger partial charge on any atom is -0.365 e. The lowest BCUT2D eigenvalue weighted by atomic mass is 10.3. The molecule has 2 heteroatoms. The van der Waals surface area contributed by atoms with Crippen LogP contribution < -0.4 is 5.73 Å². The van der Waals surface area contributed by atoms with E-state index < -0.39 is 5.91 Å². The monoisotopic (exact) mass is 265 g/mol. The summed E-state index contributed by atoms with van der Waals surface area (Å²) in [5.74, 6) is -0.573. The van der Waals surface area contributed by atoms with Crippen LogP contribution in [0.25, 0.3) is 0 Å². The van der Waals surface area contributed by atoms with E-state index in [-0.39, 0.29) is 5.57 Å². The smallest absolute Gasteiger partial charge is 0.252 e. The summed E-state index contributed by atoms with van der Waals surface area (Å²) in [6, 6.07) is 0. The number of primary amides is 1. The quantitative estimate of drug-likeness (QED) is 0.574. The Hall–Kier alpha value is -4.09. The Kier molecular flexibility index (Phi) is 9.96. The Morgan fingerprint density at radius 1 is 0.714 bits per heavy atom. The van der Waals surface area contributed by atoms with Gasteiger partial charge in [-0.25, -0.2) is 0 Å². The normalized spacial score (nSPS) is 5.00. The summed E-state index contributed by atoms with van der Waals surface area (Å²) >= 11 is 0. The summed E-state index contributed by atoms with van der Waals surface area (Å²) in [7, 11) is 0. The molecule has 0 saturated carbocycles. The molecule has 0 fully saturated rings. The fraction of sp³-hybridized carbons (Fsp3) is 0.0526. The van der Waals surface area contributed by atoms with Gasteiger partial charge in [-0.3, -0.25) is 4.79 Å². The number of hydrogen-bond donors (Lipinski definition) is 1. The van der Waals surface area contributed by atoms with Gasteiger partial charge in [0.05, 0.1) is 5.57 Å². The van der Waals surface area contributed by atoms with Gasteiger partial charge in [-0.1, -0.05) is 11.5 Å². The number of nitrogens with two attached hydrogens (primary N) is 1. The predicted octanol–water partition coefficient (Wildman–Crippen LogP) is 2.37. The van der Waals surface area contributed by atoms with E-state index in [1.54, 1.807) is 0 Å². The Balaban J connectivity index is 5.75. The summed E-state index contributed by atoms with van der Waals surface area (Å²) in [6.45, 7) is 4.80. The van der Waals surface area contributed by atoms with Crippen molar-refractivity contribution in [1.82, 2.24) is 0 Å². The van der Waals surface area contributed by atoms with Crippen molar-refractivity contribution in [2.75, 3.05) is 0 Å². The van der Waals surface area contributed by atoms with Crippen molar-refractivity contribution in [3.63, 3.8) is 0 Å². The topological polar surface area (TPSA) is 43.1 Å². The van der Waals surface area contributed by atoms with Crippen LogP contribution in [0.3, 0.4) is 0 Å². The second-order valence-electron chi connectivity index (χ2n) is 2.92. The Labute approximate surface area is 122 Å². The third-order valence-corrected chi connectivity index (χ3v) is 1.46. The number of amides is 1. The zero-order valence-corrected chi connectivity index (χ0v) is 11.2. The van der Waals surface area contributed by atoms with Gasteiger partial charge in [-0.05, 0) is 88.0 Å². The van der Waals surface area contributed by atoms with E-state index in [4.69, 9.17) is 5.73 Å². The van der Waals surface area contributed by atoms with Crippen molar-refractivity contribution in [2.45, 2.75) is 6.92 Å². The minimum absolute atomic E-state index is 0.240. The number of hydrogen-bond acceptors (Lipinski definition) is 1. The predicted molar refractivity (Wildman–Crippen MR) is 76.7 cm³/mol. The highest BCUT2D eigenvalue weighted by Crippen LogP contribution is 1.82. The van der Waals surface area contributed by atoms with Crippen molar-refractivity contribution in [2.24, 2.45) is 5.73 Å². The minimum atomic E-state index is -0.573. The van der Waals surface area contributed by atoms with Gasteiger partial charge in [0.1, 0.15) is 0 Å². The van der Waals surface area contributed by atoms with Crippen molar-refractivity contribution in [1.29, 1.82) is 0 Å². The molecule has 0 aliphatic rings. The summed E-state index contributed by atoms with van der Waals surface area (Å²) in [6.07, 6.45) is 0. The molecular formula is C19H7NO. The zero-order valence-electron chi connectivity index (χ0n) is 11.2. The molecule has 0 unspecified atom stereocenters. The fourth-order valence-corrected chi connectivity index (χ4v) is 0.575. The summed E-state index contributed by atoms with van der Waals surface area (Å²) in [5.41, 5.74) is 42.0. The molecule has 94 valence electrons. The first-order valence-corrected chi connectivity index (χ1v) is 5.35. The van der Waals surface area contributed by atoms with Gasteiger partial charge >= 0.3 is 0 Å². The largest absolute Gasteiger partial charge is 0.365 e. The van der Waals surface area contributed by atoms with Crippen LogP contribution in [0.5, 0.6) is 0 Å². The van der Waals surface area contributed by atoms with Gasteiger partial charge in [0.15, 0.2) is 0 Å². The summed E-state index contributed by atoms with van der Waals surface area (Å²) < 4.78 is 0. The Morgan fingerprint density at radius 2 is 1.05 bits per heavy atom. The molecule has 2 N–H and O–H groups in total. The molecule has 1 amide bonds. The van der Waals surface area contributed by atoms with Gasteiger partial charge < -0.3 is 5.73 Å². The van der Waals surface area contributed by atoms with Crippen molar-refractivity contribution in [3.05, 3.63) is 98.1 Å². The maximum absolute atomic E-state index is 10.6. The van der Waals surface area contributed by atoms with Gasteiger partial charge in [-0.2, -0.15) is 0 Å². The molecule has 0 atom stereocenters. The second kappa shape index (κ2) is 12.4. The molecule has 0 aromatic rings. The molecule has 0 rings (SSSR count). The molecule has 2 nitrogen and oxygen atoms in total. The molecule has 21 heavy (non-hydrogen) atoms. The van der Waals surface area contributed by atoms with Gasteiger partial charge in [0, 0.05) is 0 Å². The highest BCUT2D eigenvalue weighted by atomic mass is 16.1. The second-order valence-corrected chi connectivity index (χ2v) is 2.92. The van der Waals surface area contributed by atoms with Crippen LogP contribution in [0.4, 0.5) is 0 Å². The molecule has 0 heterocycles. The van der Waals surface area contributed by atoms with E-state index >= 15 is 0 Å². The highest BCUT2D eigenvalue weighted by molar-refractivity contribution is 5.90. The van der Waals surface area contributed by atoms with Crippen molar-refractivity contribution >= 4 is 5.91 Å². The van der Waals surface area contributed by atoms with E-state index in [1.807, 2.05) is 0 Å². The molecule has 0 aliphatic heterocycles. The third-order valence-electron chi connectivity index (χ3n) is 1.46. The van der Waals surface area contributed by atoms with E-state index in [0.717, 1.165) is 0 Å². The van der Waals surface area contributed by atoms with E-state index in [0.29, 0.717) is 0 Å². The maximum Gasteiger partial charge on any atom is 0.252 e. The average Bonchev–Trinajstić information content (AvgIpc) is 2.47. The van der Waals surface area contributed by atoms with Crippen molar-refractivity contribution in [3.8, 4) is 0 Å². The highest BCUT2D eigenvalue weighted by Gasteiger charge is 1.91.